The first-order valence-electron chi connectivity index (χ1n) is 13.4. The highest BCUT2D eigenvalue weighted by atomic mass is 19.2. The summed E-state index contributed by atoms with van der Waals surface area (Å²) in [6.45, 7) is 4.26. The molecule has 0 nitrogen and oxygen atoms in total. The van der Waals surface area contributed by atoms with Gasteiger partial charge in [0.05, 0.1) is 0 Å². The Morgan fingerprint density at radius 2 is 1.56 bits per heavy atom. The molecule has 1 fully saturated rings. The third-order valence-corrected chi connectivity index (χ3v) is 8.34. The molecule has 184 valence electrons. The fourth-order valence-corrected chi connectivity index (χ4v) is 5.97. The number of allylic oxidation sites excluding steroid dienone is 2. The maximum absolute atomic E-state index is 14.9. The number of hydrogen-bond donors (Lipinski definition) is 0. The van der Waals surface area contributed by atoms with Crippen molar-refractivity contribution in [2.24, 2.45) is 11.8 Å². The van der Waals surface area contributed by atoms with Gasteiger partial charge in [0.25, 0.3) is 0 Å². The average molecular weight is 469 g/mol. The van der Waals surface area contributed by atoms with Crippen LogP contribution in [-0.4, -0.2) is 0 Å². The molecule has 1 atom stereocenters. The van der Waals surface area contributed by atoms with Gasteiger partial charge in [-0.15, -0.1) is 0 Å². The molecule has 0 N–H and O–H groups in total. The molecule has 3 heteroatoms. The lowest BCUT2D eigenvalue weighted by molar-refractivity contribution is 0.308. The van der Waals surface area contributed by atoms with Crippen molar-refractivity contribution in [3.63, 3.8) is 0 Å². The van der Waals surface area contributed by atoms with Crippen molar-refractivity contribution >= 4 is 5.57 Å². The zero-order valence-corrected chi connectivity index (χ0v) is 20.8. The van der Waals surface area contributed by atoms with E-state index in [-0.39, 0.29) is 5.82 Å². The molecule has 2 aliphatic carbocycles. The highest BCUT2D eigenvalue weighted by molar-refractivity contribution is 5.67. The fraction of sp³-hybridized carbons (Fsp3) is 0.548. The van der Waals surface area contributed by atoms with E-state index in [1.165, 1.54) is 0 Å². The van der Waals surface area contributed by atoms with Gasteiger partial charge in [0.1, 0.15) is 5.82 Å². The Bertz CT molecular complexity index is 998. The predicted octanol–water partition coefficient (Wildman–Crippen LogP) is 9.56. The normalized spacial score (nSPS) is 23.1. The van der Waals surface area contributed by atoms with Crippen molar-refractivity contribution in [3.05, 3.63) is 76.1 Å². The molecule has 0 aromatic heterocycles. The molecule has 0 spiro atoms. The summed E-state index contributed by atoms with van der Waals surface area (Å²) >= 11 is 0. The quantitative estimate of drug-likeness (QED) is 0.362. The van der Waals surface area contributed by atoms with Crippen LogP contribution in [0.5, 0.6) is 0 Å². The summed E-state index contributed by atoms with van der Waals surface area (Å²) in [4.78, 5) is 0. The highest BCUT2D eigenvalue weighted by Gasteiger charge is 2.24. The summed E-state index contributed by atoms with van der Waals surface area (Å²) in [5.74, 6) is 0.200. The summed E-state index contributed by atoms with van der Waals surface area (Å²) in [7, 11) is 0. The van der Waals surface area contributed by atoms with E-state index in [0.29, 0.717) is 35.3 Å². The molecule has 0 heterocycles. The van der Waals surface area contributed by atoms with E-state index in [2.05, 4.69) is 26.0 Å². The lowest BCUT2D eigenvalue weighted by Crippen LogP contribution is -2.15. The van der Waals surface area contributed by atoms with Crippen LogP contribution in [0.4, 0.5) is 13.2 Å². The highest BCUT2D eigenvalue weighted by Crippen LogP contribution is 2.39. The summed E-state index contributed by atoms with van der Waals surface area (Å²) < 4.78 is 44.1. The largest absolute Gasteiger partial charge is 0.207 e. The SMILES string of the molecule is CCCc1ccc(C2CCC(CCc3ccc(C4=CCC(CC)CC4)c(F)c3F)CC2)cc1F. The molecule has 2 aliphatic rings. The Morgan fingerprint density at radius 3 is 2.21 bits per heavy atom. The van der Waals surface area contributed by atoms with E-state index >= 15 is 0 Å². The molecule has 0 aliphatic heterocycles. The molecule has 4 rings (SSSR count). The molecular weight excluding hydrogens is 429 g/mol. The summed E-state index contributed by atoms with van der Waals surface area (Å²) in [5, 5.41) is 0. The van der Waals surface area contributed by atoms with Crippen LogP contribution >= 0.6 is 0 Å². The van der Waals surface area contributed by atoms with Crippen LogP contribution in [0.1, 0.15) is 106 Å². The standard InChI is InChI=1S/C31H39F3/c1-3-5-25-16-17-27(20-29(25)32)23-11-8-22(9-12-23)10-15-26-18-19-28(31(34)30(26)33)24-13-6-21(4-2)7-14-24/h13,16-23H,3-12,14-15H2,1-2H3. The van der Waals surface area contributed by atoms with Crippen molar-refractivity contribution in [1.82, 2.24) is 0 Å². The number of aryl methyl sites for hydroxylation is 2. The fourth-order valence-electron chi connectivity index (χ4n) is 5.97. The Balaban J connectivity index is 1.31. The predicted molar refractivity (Wildman–Crippen MR) is 135 cm³/mol. The number of rotatable bonds is 8. The average Bonchev–Trinajstić information content (AvgIpc) is 2.87. The van der Waals surface area contributed by atoms with Crippen LogP contribution in [0, 0.1) is 29.3 Å². The second-order valence-electron chi connectivity index (χ2n) is 10.5. The molecule has 34 heavy (non-hydrogen) atoms. The smallest absolute Gasteiger partial charge is 0.166 e. The van der Waals surface area contributed by atoms with E-state index in [0.717, 1.165) is 87.3 Å². The van der Waals surface area contributed by atoms with Crippen LogP contribution in [-0.2, 0) is 12.8 Å². The summed E-state index contributed by atoms with van der Waals surface area (Å²) in [6.07, 6.45) is 13.5. The lowest BCUT2D eigenvalue weighted by Gasteiger charge is -2.29. The van der Waals surface area contributed by atoms with Crippen molar-refractivity contribution in [2.45, 2.75) is 96.8 Å². The van der Waals surface area contributed by atoms with E-state index in [9.17, 15) is 13.2 Å². The number of halogens is 3. The number of hydrogen-bond acceptors (Lipinski definition) is 0. The van der Waals surface area contributed by atoms with Crippen molar-refractivity contribution < 1.29 is 13.2 Å². The van der Waals surface area contributed by atoms with E-state index < -0.39 is 11.6 Å². The second kappa shape index (κ2) is 11.6. The molecule has 2 aromatic carbocycles. The van der Waals surface area contributed by atoms with Crippen LogP contribution in [0.25, 0.3) is 5.57 Å². The Hall–Kier alpha value is -2.03. The van der Waals surface area contributed by atoms with Crippen molar-refractivity contribution in [3.8, 4) is 0 Å². The van der Waals surface area contributed by atoms with Crippen molar-refractivity contribution in [1.29, 1.82) is 0 Å². The van der Waals surface area contributed by atoms with E-state index in [1.54, 1.807) is 18.2 Å². The second-order valence-corrected chi connectivity index (χ2v) is 10.5. The van der Waals surface area contributed by atoms with Gasteiger partial charge >= 0.3 is 0 Å². The topological polar surface area (TPSA) is 0 Å². The van der Waals surface area contributed by atoms with Gasteiger partial charge in [-0.3, -0.25) is 0 Å². The maximum atomic E-state index is 14.9. The molecule has 1 unspecified atom stereocenters. The van der Waals surface area contributed by atoms with Gasteiger partial charge in [0.2, 0.25) is 0 Å². The van der Waals surface area contributed by atoms with Gasteiger partial charge in [-0.1, -0.05) is 57.0 Å². The van der Waals surface area contributed by atoms with Crippen molar-refractivity contribution in [2.75, 3.05) is 0 Å². The van der Waals surface area contributed by atoms with Gasteiger partial charge < -0.3 is 0 Å². The maximum Gasteiger partial charge on any atom is 0.166 e. The zero-order valence-electron chi connectivity index (χ0n) is 20.8. The monoisotopic (exact) mass is 468 g/mol. The van der Waals surface area contributed by atoms with E-state index in [1.807, 2.05) is 6.07 Å². The minimum Gasteiger partial charge on any atom is -0.207 e. The summed E-state index contributed by atoms with van der Waals surface area (Å²) in [5.41, 5.74) is 3.84. The van der Waals surface area contributed by atoms with Gasteiger partial charge in [0, 0.05) is 5.56 Å². The lowest BCUT2D eigenvalue weighted by atomic mass is 9.76. The minimum absolute atomic E-state index is 0.0726. The first-order chi connectivity index (χ1) is 16.5. The molecule has 0 saturated heterocycles. The third kappa shape index (κ3) is 5.78. The molecule has 2 aromatic rings. The molecule has 0 amide bonds. The van der Waals surface area contributed by atoms with Crippen LogP contribution < -0.4 is 0 Å². The van der Waals surface area contributed by atoms with Crippen LogP contribution in [0.15, 0.2) is 36.4 Å². The van der Waals surface area contributed by atoms with Crippen LogP contribution in [0.2, 0.25) is 0 Å². The third-order valence-electron chi connectivity index (χ3n) is 8.34. The minimum atomic E-state index is -0.670. The zero-order chi connectivity index (χ0) is 24.1. The van der Waals surface area contributed by atoms with Gasteiger partial charge in [-0.2, -0.15) is 0 Å². The Labute approximate surface area is 203 Å². The summed E-state index contributed by atoms with van der Waals surface area (Å²) in [6, 6.07) is 9.38. The Morgan fingerprint density at radius 1 is 0.794 bits per heavy atom. The molecule has 0 bridgehead atoms. The van der Waals surface area contributed by atoms with Gasteiger partial charge in [0.15, 0.2) is 11.6 Å². The molecule has 0 radical (unpaired) electrons. The van der Waals surface area contributed by atoms with Crippen LogP contribution in [0.3, 0.4) is 0 Å². The van der Waals surface area contributed by atoms with Gasteiger partial charge in [-0.05, 0) is 110 Å². The Kier molecular flexibility index (Phi) is 8.55. The first kappa shape index (κ1) is 25.1. The first-order valence-corrected chi connectivity index (χ1v) is 13.4. The number of benzene rings is 2. The van der Waals surface area contributed by atoms with Gasteiger partial charge in [-0.25, -0.2) is 13.2 Å². The van der Waals surface area contributed by atoms with E-state index in [4.69, 9.17) is 0 Å². The molecular formula is C31H39F3. The molecule has 1 saturated carbocycles.